The van der Waals surface area contributed by atoms with Crippen LogP contribution in [0.2, 0.25) is 0 Å². The van der Waals surface area contributed by atoms with Crippen LogP contribution in [0.3, 0.4) is 0 Å². The molecular formula is C24H17N3O8. The molecule has 1 aliphatic heterocycles. The Hall–Kier alpha value is -5.06. The molecular weight excluding hydrogens is 458 g/mol. The van der Waals surface area contributed by atoms with E-state index in [4.69, 9.17) is 14.2 Å². The summed E-state index contributed by atoms with van der Waals surface area (Å²) in [6.07, 6.45) is 1.51. The van der Waals surface area contributed by atoms with Gasteiger partial charge in [-0.2, -0.15) is 0 Å². The number of carbonyl (C=O) groups is 1. The summed E-state index contributed by atoms with van der Waals surface area (Å²) in [5, 5.41) is 22.4. The molecule has 0 saturated heterocycles. The van der Waals surface area contributed by atoms with Crippen LogP contribution < -0.4 is 9.47 Å². The number of cyclic esters (lactones) is 1. The lowest BCUT2D eigenvalue weighted by atomic mass is 10.1. The summed E-state index contributed by atoms with van der Waals surface area (Å²) in [5.74, 6) is -0.216. The van der Waals surface area contributed by atoms with E-state index >= 15 is 0 Å². The van der Waals surface area contributed by atoms with E-state index in [0.29, 0.717) is 11.1 Å². The summed E-state index contributed by atoms with van der Waals surface area (Å²) in [6, 6.07) is 16.7. The Kier molecular flexibility index (Phi) is 6.49. The molecule has 11 nitrogen and oxygen atoms in total. The maximum Gasteiger partial charge on any atom is 0.363 e. The molecule has 176 valence electrons. The van der Waals surface area contributed by atoms with Crippen molar-refractivity contribution in [2.45, 2.75) is 6.92 Å². The lowest BCUT2D eigenvalue weighted by Crippen LogP contribution is -2.04. The predicted molar refractivity (Wildman–Crippen MR) is 124 cm³/mol. The first-order chi connectivity index (χ1) is 16.9. The third-order valence-corrected chi connectivity index (χ3v) is 4.78. The number of non-ortho nitro benzene ring substituents is 1. The highest BCUT2D eigenvalue weighted by molar-refractivity contribution is 6.12. The smallest absolute Gasteiger partial charge is 0.363 e. The third-order valence-electron chi connectivity index (χ3n) is 4.78. The summed E-state index contributed by atoms with van der Waals surface area (Å²) < 4.78 is 16.5. The number of rotatable bonds is 8. The minimum Gasteiger partial charge on any atom is -0.490 e. The Morgan fingerprint density at radius 1 is 0.943 bits per heavy atom. The first kappa shape index (κ1) is 23.1. The summed E-state index contributed by atoms with van der Waals surface area (Å²) in [5.41, 5.74) is 0.293. The fourth-order valence-corrected chi connectivity index (χ4v) is 3.21. The number of nitro benzene ring substituents is 2. The molecule has 3 aromatic rings. The molecule has 4 rings (SSSR count). The van der Waals surface area contributed by atoms with Crippen LogP contribution >= 0.6 is 0 Å². The van der Waals surface area contributed by atoms with Crippen molar-refractivity contribution in [3.63, 3.8) is 0 Å². The molecule has 1 aliphatic rings. The zero-order valence-electron chi connectivity index (χ0n) is 18.2. The zero-order valence-corrected chi connectivity index (χ0v) is 18.2. The van der Waals surface area contributed by atoms with Gasteiger partial charge in [-0.15, -0.1) is 0 Å². The molecule has 0 aromatic heterocycles. The first-order valence-electron chi connectivity index (χ1n) is 10.3. The van der Waals surface area contributed by atoms with Gasteiger partial charge in [-0.25, -0.2) is 9.79 Å². The van der Waals surface area contributed by atoms with Crippen molar-refractivity contribution in [3.05, 3.63) is 104 Å². The van der Waals surface area contributed by atoms with Crippen molar-refractivity contribution < 1.29 is 28.9 Å². The highest BCUT2D eigenvalue weighted by atomic mass is 16.6. The SMILES string of the molecule is CCOc1cc(/C=C2\N=C(c3ccccc3)OC2=O)ccc1Oc1ccc([N+](=O)[O-])cc1[N+](=O)[O-]. The maximum atomic E-state index is 12.3. The first-order valence-corrected chi connectivity index (χ1v) is 10.3. The van der Waals surface area contributed by atoms with Gasteiger partial charge in [-0.1, -0.05) is 24.3 Å². The molecule has 1 heterocycles. The van der Waals surface area contributed by atoms with Crippen molar-refractivity contribution in [1.82, 2.24) is 0 Å². The van der Waals surface area contributed by atoms with Gasteiger partial charge in [0.05, 0.1) is 22.5 Å². The van der Waals surface area contributed by atoms with Crippen molar-refractivity contribution in [2.24, 2.45) is 4.99 Å². The van der Waals surface area contributed by atoms with Crippen LogP contribution in [-0.4, -0.2) is 28.3 Å². The summed E-state index contributed by atoms with van der Waals surface area (Å²) >= 11 is 0. The highest BCUT2D eigenvalue weighted by Gasteiger charge is 2.25. The number of benzene rings is 3. The van der Waals surface area contributed by atoms with E-state index in [1.54, 1.807) is 43.3 Å². The van der Waals surface area contributed by atoms with Crippen LogP contribution in [0.15, 0.2) is 77.4 Å². The number of aliphatic imine (C=N–C) groups is 1. The lowest BCUT2D eigenvalue weighted by Gasteiger charge is -2.12. The second-order valence-electron chi connectivity index (χ2n) is 7.11. The molecule has 0 radical (unpaired) electrons. The van der Waals surface area contributed by atoms with Gasteiger partial charge in [0.15, 0.2) is 17.2 Å². The average Bonchev–Trinajstić information content (AvgIpc) is 3.21. The van der Waals surface area contributed by atoms with Gasteiger partial charge in [-0.3, -0.25) is 20.2 Å². The van der Waals surface area contributed by atoms with Gasteiger partial charge in [-0.05, 0) is 48.9 Å². The largest absolute Gasteiger partial charge is 0.490 e. The van der Waals surface area contributed by atoms with Gasteiger partial charge >= 0.3 is 11.7 Å². The molecule has 0 bridgehead atoms. The molecule has 0 spiro atoms. The van der Waals surface area contributed by atoms with E-state index in [0.717, 1.165) is 18.2 Å². The average molecular weight is 475 g/mol. The monoisotopic (exact) mass is 475 g/mol. The molecule has 0 atom stereocenters. The quantitative estimate of drug-likeness (QED) is 0.191. The fraction of sp³-hybridized carbons (Fsp3) is 0.0833. The number of nitrogens with zero attached hydrogens (tertiary/aromatic N) is 3. The number of nitro groups is 2. The maximum absolute atomic E-state index is 12.3. The summed E-state index contributed by atoms with van der Waals surface area (Å²) in [4.78, 5) is 37.4. The Labute approximate surface area is 198 Å². The Morgan fingerprint density at radius 3 is 2.37 bits per heavy atom. The van der Waals surface area contributed by atoms with E-state index in [9.17, 15) is 25.0 Å². The number of esters is 1. The Bertz CT molecular complexity index is 1380. The Balaban J connectivity index is 1.65. The molecule has 3 aromatic carbocycles. The molecule has 11 heteroatoms. The summed E-state index contributed by atoms with van der Waals surface area (Å²) in [7, 11) is 0. The molecule has 0 N–H and O–H groups in total. The minimum atomic E-state index is -0.768. The van der Waals surface area contributed by atoms with E-state index in [2.05, 4.69) is 4.99 Å². The topological polar surface area (TPSA) is 143 Å². The van der Waals surface area contributed by atoms with Crippen molar-refractivity contribution in [1.29, 1.82) is 0 Å². The molecule has 0 saturated carbocycles. The number of ether oxygens (including phenoxy) is 3. The van der Waals surface area contributed by atoms with Crippen LogP contribution in [0.25, 0.3) is 6.08 Å². The van der Waals surface area contributed by atoms with Crippen LogP contribution in [0.1, 0.15) is 18.1 Å². The van der Waals surface area contributed by atoms with Crippen LogP contribution in [0.5, 0.6) is 17.2 Å². The van der Waals surface area contributed by atoms with Gasteiger partial charge in [0, 0.05) is 11.6 Å². The van der Waals surface area contributed by atoms with E-state index in [-0.39, 0.29) is 35.5 Å². The van der Waals surface area contributed by atoms with Gasteiger partial charge < -0.3 is 14.2 Å². The van der Waals surface area contributed by atoms with Gasteiger partial charge in [0.1, 0.15) is 0 Å². The van der Waals surface area contributed by atoms with Crippen LogP contribution in [0, 0.1) is 20.2 Å². The third kappa shape index (κ3) is 5.14. The molecule has 35 heavy (non-hydrogen) atoms. The fourth-order valence-electron chi connectivity index (χ4n) is 3.21. The molecule has 0 amide bonds. The van der Waals surface area contributed by atoms with E-state index in [1.807, 2.05) is 6.07 Å². The number of hydrogen-bond donors (Lipinski definition) is 0. The van der Waals surface area contributed by atoms with Crippen LogP contribution in [-0.2, 0) is 9.53 Å². The van der Waals surface area contributed by atoms with Gasteiger partial charge in [0.2, 0.25) is 11.6 Å². The zero-order chi connectivity index (χ0) is 24.9. The predicted octanol–water partition coefficient (Wildman–Crippen LogP) is 5.04. The van der Waals surface area contributed by atoms with E-state index in [1.165, 1.54) is 12.1 Å². The summed E-state index contributed by atoms with van der Waals surface area (Å²) in [6.45, 7) is 2.01. The molecule has 0 aliphatic carbocycles. The van der Waals surface area contributed by atoms with Crippen molar-refractivity contribution >= 4 is 29.3 Å². The number of carbonyl (C=O) groups excluding carboxylic acids is 1. The van der Waals surface area contributed by atoms with Crippen molar-refractivity contribution in [3.8, 4) is 17.2 Å². The second-order valence-corrected chi connectivity index (χ2v) is 7.11. The van der Waals surface area contributed by atoms with Gasteiger partial charge in [0.25, 0.3) is 5.69 Å². The van der Waals surface area contributed by atoms with Crippen molar-refractivity contribution in [2.75, 3.05) is 6.61 Å². The molecule has 0 fully saturated rings. The highest BCUT2D eigenvalue weighted by Crippen LogP contribution is 2.39. The second kappa shape index (κ2) is 9.83. The number of hydrogen-bond acceptors (Lipinski definition) is 9. The normalized spacial score (nSPS) is 13.8. The molecule has 0 unspecified atom stereocenters. The lowest BCUT2D eigenvalue weighted by molar-refractivity contribution is -0.394. The van der Waals surface area contributed by atoms with Crippen LogP contribution in [0.4, 0.5) is 11.4 Å². The Morgan fingerprint density at radius 2 is 1.69 bits per heavy atom. The minimum absolute atomic E-state index is 0.0889. The standard InChI is InChI=1S/C24H17N3O8/c1-2-33-22-13-15(12-18-24(28)35-23(25-18)16-6-4-3-5-7-16)8-10-21(22)34-20-11-9-17(26(29)30)14-19(20)27(31)32/h3-14H,2H2,1H3/b18-12-. The van der Waals surface area contributed by atoms with E-state index < -0.39 is 27.2 Å².